The van der Waals surface area contributed by atoms with Crippen molar-refractivity contribution in [3.8, 4) is 0 Å². The van der Waals surface area contributed by atoms with Gasteiger partial charge in [-0.15, -0.1) is 5.10 Å². The van der Waals surface area contributed by atoms with Crippen LogP contribution >= 0.6 is 11.6 Å². The zero-order chi connectivity index (χ0) is 24.5. The number of aromatic nitrogens is 5. The first kappa shape index (κ1) is 23.3. The second kappa shape index (κ2) is 9.18. The number of amides is 1. The first-order chi connectivity index (χ1) is 16.1. The van der Waals surface area contributed by atoms with E-state index in [-0.39, 0.29) is 23.1 Å². The minimum Gasteiger partial charge on any atom is -0.382 e. The predicted octanol–water partition coefficient (Wildman–Crippen LogP) is 4.47. The normalized spacial score (nSPS) is 12.5. The highest BCUT2D eigenvalue weighted by atomic mass is 35.5. The first-order valence-electron chi connectivity index (χ1n) is 9.97. The van der Waals surface area contributed by atoms with Crippen LogP contribution in [-0.2, 0) is 12.7 Å². The van der Waals surface area contributed by atoms with E-state index in [0.29, 0.717) is 22.3 Å². The maximum Gasteiger partial charge on any atom is 0.435 e. The van der Waals surface area contributed by atoms with Gasteiger partial charge in [0.2, 0.25) is 0 Å². The van der Waals surface area contributed by atoms with E-state index in [2.05, 4.69) is 25.1 Å². The third kappa shape index (κ3) is 4.88. The van der Waals surface area contributed by atoms with Crippen molar-refractivity contribution in [1.82, 2.24) is 30.0 Å². The largest absolute Gasteiger partial charge is 0.435 e. The van der Waals surface area contributed by atoms with Gasteiger partial charge in [0, 0.05) is 23.3 Å². The van der Waals surface area contributed by atoms with Crippen molar-refractivity contribution in [1.29, 1.82) is 0 Å². The summed E-state index contributed by atoms with van der Waals surface area (Å²) in [6.07, 6.45) is -1.54. The van der Waals surface area contributed by atoms with Crippen molar-refractivity contribution in [2.24, 2.45) is 0 Å². The van der Waals surface area contributed by atoms with E-state index in [9.17, 15) is 18.0 Å². The second-order valence-corrected chi connectivity index (χ2v) is 7.79. The lowest BCUT2D eigenvalue weighted by molar-refractivity contribution is -0.141. The molecule has 0 saturated heterocycles. The van der Waals surface area contributed by atoms with Gasteiger partial charge in [0.25, 0.3) is 5.91 Å². The van der Waals surface area contributed by atoms with E-state index in [4.69, 9.17) is 17.3 Å². The molecule has 0 unspecified atom stereocenters. The smallest absolute Gasteiger partial charge is 0.382 e. The minimum atomic E-state index is -4.62. The summed E-state index contributed by atoms with van der Waals surface area (Å²) in [6.45, 7) is 1.59. The summed E-state index contributed by atoms with van der Waals surface area (Å²) in [4.78, 5) is 27.5. The van der Waals surface area contributed by atoms with Gasteiger partial charge >= 0.3 is 6.18 Å². The van der Waals surface area contributed by atoms with Crippen molar-refractivity contribution in [3.63, 3.8) is 0 Å². The van der Waals surface area contributed by atoms with E-state index >= 15 is 0 Å². The molecule has 3 heterocycles. The number of carbonyl (C=O) groups excluding carboxylic acids is 1. The number of pyridine rings is 1. The van der Waals surface area contributed by atoms with Gasteiger partial charge in [-0.05, 0) is 49.4 Å². The molecule has 4 rings (SSSR count). The summed E-state index contributed by atoms with van der Waals surface area (Å²) < 4.78 is 38.6. The number of fused-ring (bicyclic) bond motifs is 1. The average molecular weight is 488 g/mol. The molecule has 2 N–H and O–H groups in total. The Hall–Kier alpha value is -3.86. The Kier molecular flexibility index (Phi) is 6.29. The molecule has 12 heteroatoms. The molecular formula is C22H17ClF3N7O. The van der Waals surface area contributed by atoms with Crippen molar-refractivity contribution >= 4 is 34.2 Å². The molecule has 0 spiro atoms. The van der Waals surface area contributed by atoms with Gasteiger partial charge in [0.05, 0.1) is 28.8 Å². The van der Waals surface area contributed by atoms with Gasteiger partial charge < -0.3 is 10.6 Å². The van der Waals surface area contributed by atoms with Gasteiger partial charge in [-0.2, -0.15) is 18.3 Å². The number of halogens is 4. The average Bonchev–Trinajstić information content (AvgIpc) is 2.82. The molecule has 0 aliphatic heterocycles. The van der Waals surface area contributed by atoms with Crippen molar-refractivity contribution < 1.29 is 18.0 Å². The molecule has 174 valence electrons. The van der Waals surface area contributed by atoms with E-state index in [0.717, 1.165) is 6.07 Å². The third-order valence-electron chi connectivity index (χ3n) is 5.07. The molecule has 0 aliphatic carbocycles. The van der Waals surface area contributed by atoms with Crippen LogP contribution in [0.3, 0.4) is 0 Å². The quantitative estimate of drug-likeness (QED) is 0.442. The van der Waals surface area contributed by atoms with Gasteiger partial charge in [-0.3, -0.25) is 4.79 Å². The molecular weight excluding hydrogens is 471 g/mol. The fraction of sp³-hybridized carbons (Fsp3) is 0.182. The van der Waals surface area contributed by atoms with Crippen molar-refractivity contribution in [3.05, 3.63) is 82.7 Å². The highest BCUT2D eigenvalue weighted by Crippen LogP contribution is 2.28. The fourth-order valence-corrected chi connectivity index (χ4v) is 3.44. The Morgan fingerprint density at radius 3 is 2.50 bits per heavy atom. The SMILES string of the molecule is C[C@H](c1ncccn1)N(Cc1ccc(C(F)(F)F)nn1)C(=O)c1ccc2nc(N)c(Cl)cc2c1. The van der Waals surface area contributed by atoms with Crippen molar-refractivity contribution in [2.45, 2.75) is 25.7 Å². The van der Waals surface area contributed by atoms with Crippen LogP contribution in [0.25, 0.3) is 10.9 Å². The lowest BCUT2D eigenvalue weighted by Gasteiger charge is -2.28. The van der Waals surface area contributed by atoms with Gasteiger partial charge in [0.15, 0.2) is 5.69 Å². The lowest BCUT2D eigenvalue weighted by Crippen LogP contribution is -2.34. The monoisotopic (exact) mass is 487 g/mol. The molecule has 3 aromatic heterocycles. The summed E-state index contributed by atoms with van der Waals surface area (Å²) in [6, 6.07) is 9.44. The molecule has 34 heavy (non-hydrogen) atoms. The fourth-order valence-electron chi connectivity index (χ4n) is 3.28. The third-order valence-corrected chi connectivity index (χ3v) is 5.38. The van der Waals surface area contributed by atoms with Crippen LogP contribution in [-0.4, -0.2) is 36.0 Å². The van der Waals surface area contributed by atoms with Crippen LogP contribution < -0.4 is 5.73 Å². The number of hydrogen-bond acceptors (Lipinski definition) is 7. The molecule has 0 radical (unpaired) electrons. The lowest BCUT2D eigenvalue weighted by atomic mass is 10.1. The Morgan fingerprint density at radius 2 is 1.85 bits per heavy atom. The molecule has 0 aliphatic rings. The van der Waals surface area contributed by atoms with Crippen LogP contribution in [0.15, 0.2) is 54.9 Å². The summed E-state index contributed by atoms with van der Waals surface area (Å²) >= 11 is 6.07. The summed E-state index contributed by atoms with van der Waals surface area (Å²) in [5.41, 5.74) is 5.65. The molecule has 0 fully saturated rings. The number of alkyl halides is 3. The van der Waals surface area contributed by atoms with Crippen LogP contribution in [0, 0.1) is 0 Å². The van der Waals surface area contributed by atoms with Crippen LogP contribution in [0.4, 0.5) is 19.0 Å². The standard InChI is InChI=1S/C22H17ClF3N7O/c1-12(20-28-7-2-8-29-20)33(11-15-4-6-18(32-31-15)22(24,25)26)21(34)13-3-5-17-14(9-13)10-16(23)19(27)30-17/h2-10,12H,11H2,1H3,(H2,27,30)/t12-/m1/s1. The maximum absolute atomic E-state index is 13.5. The molecule has 8 nitrogen and oxygen atoms in total. The zero-order valence-electron chi connectivity index (χ0n) is 17.7. The highest BCUT2D eigenvalue weighted by Gasteiger charge is 2.33. The van der Waals surface area contributed by atoms with Gasteiger partial charge in [-0.1, -0.05) is 11.6 Å². The first-order valence-corrected chi connectivity index (χ1v) is 10.3. The number of nitrogen functional groups attached to an aromatic ring is 1. The minimum absolute atomic E-state index is 0.123. The molecule has 0 saturated carbocycles. The Labute approximate surface area is 196 Å². The van der Waals surface area contributed by atoms with Crippen molar-refractivity contribution in [2.75, 3.05) is 5.73 Å². The van der Waals surface area contributed by atoms with Crippen LogP contribution in [0.5, 0.6) is 0 Å². The number of rotatable bonds is 5. The summed E-state index contributed by atoms with van der Waals surface area (Å²) in [7, 11) is 0. The molecule has 1 atom stereocenters. The Balaban J connectivity index is 1.70. The van der Waals surface area contributed by atoms with E-state index in [1.165, 1.54) is 23.4 Å². The highest BCUT2D eigenvalue weighted by molar-refractivity contribution is 6.33. The van der Waals surface area contributed by atoms with Crippen LogP contribution in [0.2, 0.25) is 5.02 Å². The number of anilines is 1. The Bertz CT molecular complexity index is 1330. The summed E-state index contributed by atoms with van der Waals surface area (Å²) in [5.74, 6) is 0.107. The van der Waals surface area contributed by atoms with E-state index < -0.39 is 23.8 Å². The molecule has 1 amide bonds. The molecule has 0 bridgehead atoms. The zero-order valence-corrected chi connectivity index (χ0v) is 18.4. The van der Waals surface area contributed by atoms with E-state index in [1.54, 1.807) is 37.3 Å². The predicted molar refractivity (Wildman–Crippen MR) is 119 cm³/mol. The number of nitrogens with two attached hydrogens (primary N) is 1. The number of hydrogen-bond donors (Lipinski definition) is 1. The van der Waals surface area contributed by atoms with Gasteiger partial charge in [0.1, 0.15) is 11.6 Å². The maximum atomic E-state index is 13.5. The summed E-state index contributed by atoms with van der Waals surface area (Å²) in [5, 5.41) is 7.76. The van der Waals surface area contributed by atoms with Crippen LogP contribution in [0.1, 0.15) is 40.5 Å². The van der Waals surface area contributed by atoms with Gasteiger partial charge in [-0.25, -0.2) is 15.0 Å². The second-order valence-electron chi connectivity index (χ2n) is 7.39. The molecule has 1 aromatic carbocycles. The van der Waals surface area contributed by atoms with E-state index in [1.807, 2.05) is 0 Å². The Morgan fingerprint density at radius 1 is 1.12 bits per heavy atom. The number of nitrogens with zero attached hydrogens (tertiary/aromatic N) is 6. The molecule has 4 aromatic rings. The number of carbonyl (C=O) groups is 1. The number of benzene rings is 1. The topological polar surface area (TPSA) is 111 Å².